The molecule has 59 heavy (non-hydrogen) atoms. The Labute approximate surface area is 346 Å². The number of hydrogen-bond donors (Lipinski definition) is 4. The van der Waals surface area contributed by atoms with Gasteiger partial charge in [0.15, 0.2) is 0 Å². The number of aromatic nitrogens is 2. The summed E-state index contributed by atoms with van der Waals surface area (Å²) in [4.78, 5) is 91.4. The van der Waals surface area contributed by atoms with Gasteiger partial charge in [0.25, 0.3) is 0 Å². The number of fused-ring (bicyclic) bond motifs is 2. The Morgan fingerprint density at radius 2 is 1.78 bits per heavy atom. The first kappa shape index (κ1) is 43.2. The number of imidazole rings is 1. The summed E-state index contributed by atoms with van der Waals surface area (Å²) in [6.07, 6.45) is 5.74. The Morgan fingerprint density at radius 3 is 2.53 bits per heavy atom. The molecule has 0 aliphatic carbocycles. The van der Waals surface area contributed by atoms with E-state index in [2.05, 4.69) is 10.6 Å². The van der Waals surface area contributed by atoms with Crippen LogP contribution in [0, 0.1) is 0 Å². The first-order valence-corrected chi connectivity index (χ1v) is 20.6. The van der Waals surface area contributed by atoms with Gasteiger partial charge in [-0.05, 0) is 87.1 Å². The lowest BCUT2D eigenvalue weighted by molar-refractivity contribution is -0.143. The maximum absolute atomic E-state index is 13.7. The van der Waals surface area contributed by atoms with Gasteiger partial charge in [-0.25, -0.2) is 9.59 Å². The van der Waals surface area contributed by atoms with Crippen LogP contribution in [0.2, 0.25) is 5.02 Å². The number of nitrogens with zero attached hydrogens (tertiary/aromatic N) is 4. The van der Waals surface area contributed by atoms with Gasteiger partial charge < -0.3 is 36.1 Å². The van der Waals surface area contributed by atoms with Gasteiger partial charge in [0, 0.05) is 39.0 Å². The number of amides is 6. The summed E-state index contributed by atoms with van der Waals surface area (Å²) in [6, 6.07) is 7.95. The van der Waals surface area contributed by atoms with Crippen LogP contribution in [0.3, 0.4) is 0 Å². The molecule has 0 spiro atoms. The van der Waals surface area contributed by atoms with Crippen molar-refractivity contribution >= 4 is 58.3 Å². The molecule has 4 heterocycles. The largest absolute Gasteiger partial charge is 0.490 e. The number of piperidine rings is 1. The number of carbonyl (C=O) groups excluding carboxylic acids is 6. The Bertz CT molecular complexity index is 2150. The van der Waals surface area contributed by atoms with E-state index in [1.165, 1.54) is 21.1 Å². The number of methoxy groups -OCH3 is 1. The minimum atomic E-state index is -1.02. The molecular formula is C41H53ClN8O9. The fourth-order valence-electron chi connectivity index (χ4n) is 8.43. The molecule has 6 N–H and O–H groups in total. The van der Waals surface area contributed by atoms with Crippen LogP contribution < -0.4 is 32.5 Å². The lowest BCUT2D eigenvalue weighted by atomic mass is 10.0. The average Bonchev–Trinajstić information content (AvgIpc) is 3.74. The number of halogens is 1. The number of hydrogen-bond acceptors (Lipinski definition) is 10. The Balaban J connectivity index is 1.02. The van der Waals surface area contributed by atoms with E-state index < -0.39 is 48.0 Å². The normalized spacial score (nSPS) is 21.4. The van der Waals surface area contributed by atoms with Crippen LogP contribution >= 0.6 is 11.6 Å². The summed E-state index contributed by atoms with van der Waals surface area (Å²) in [5, 5.41) is 5.77. The van der Waals surface area contributed by atoms with Crippen molar-refractivity contribution in [1.82, 2.24) is 29.6 Å². The quantitative estimate of drug-likeness (QED) is 0.129. The van der Waals surface area contributed by atoms with E-state index in [0.717, 1.165) is 42.3 Å². The summed E-state index contributed by atoms with van der Waals surface area (Å²) in [6.45, 7) is 0.323. The Morgan fingerprint density at radius 1 is 1.00 bits per heavy atom. The molecule has 18 heteroatoms. The van der Waals surface area contributed by atoms with Crippen LogP contribution in [0.25, 0.3) is 11.0 Å². The van der Waals surface area contributed by atoms with Gasteiger partial charge in [-0.15, -0.1) is 0 Å². The molecule has 3 aliphatic rings. The molecule has 6 amide bonds. The van der Waals surface area contributed by atoms with Crippen molar-refractivity contribution in [3.05, 3.63) is 63.0 Å². The van der Waals surface area contributed by atoms with Crippen molar-refractivity contribution in [2.24, 2.45) is 18.5 Å². The maximum atomic E-state index is 13.7. The molecule has 3 aromatic rings. The number of imide groups is 1. The van der Waals surface area contributed by atoms with E-state index in [1.807, 2.05) is 30.3 Å². The van der Waals surface area contributed by atoms with E-state index in [9.17, 15) is 33.6 Å². The summed E-state index contributed by atoms with van der Waals surface area (Å²) in [7, 11) is 2.96. The molecule has 0 saturated carbocycles. The van der Waals surface area contributed by atoms with Gasteiger partial charge >= 0.3 is 11.8 Å². The predicted molar refractivity (Wildman–Crippen MR) is 217 cm³/mol. The van der Waals surface area contributed by atoms with Gasteiger partial charge in [0.2, 0.25) is 29.5 Å². The SMILES string of the molecule is COC(=O)N1CC[C@H]2CC[C@@H](C(=O)N[C@@H](CCC(N)=O)COc3cccc(CCCCCc4ccc5c(c4)n(C)c(=O)n5C4CCC(=O)NC4=O)c3Cl)N2C(=O)[C@@H](N)C1. The monoisotopic (exact) mass is 836 g/mol. The van der Waals surface area contributed by atoms with Gasteiger partial charge in [-0.3, -0.25) is 38.4 Å². The Hall–Kier alpha value is -5.42. The highest BCUT2D eigenvalue weighted by Crippen LogP contribution is 2.32. The number of nitrogens with two attached hydrogens (primary N) is 2. The highest BCUT2D eigenvalue weighted by atomic mass is 35.5. The summed E-state index contributed by atoms with van der Waals surface area (Å²) >= 11 is 6.82. The van der Waals surface area contributed by atoms with Crippen LogP contribution in [-0.4, -0.2) is 106 Å². The minimum absolute atomic E-state index is 0.00669. The molecule has 1 unspecified atom stereocenters. The van der Waals surface area contributed by atoms with Crippen molar-refractivity contribution in [1.29, 1.82) is 0 Å². The zero-order valence-corrected chi connectivity index (χ0v) is 34.2. The molecular weight excluding hydrogens is 784 g/mol. The van der Waals surface area contributed by atoms with Gasteiger partial charge in [0.1, 0.15) is 30.5 Å². The zero-order chi connectivity index (χ0) is 42.4. The minimum Gasteiger partial charge on any atom is -0.490 e. The van der Waals surface area contributed by atoms with Gasteiger partial charge in [-0.2, -0.15) is 0 Å². The van der Waals surface area contributed by atoms with Crippen LogP contribution in [0.1, 0.15) is 81.4 Å². The summed E-state index contributed by atoms with van der Waals surface area (Å²) in [5.41, 5.74) is 14.7. The van der Waals surface area contributed by atoms with Crippen molar-refractivity contribution in [3.8, 4) is 5.75 Å². The fourth-order valence-corrected chi connectivity index (χ4v) is 8.71. The number of primary amides is 1. The third-order valence-corrected chi connectivity index (χ3v) is 12.0. The third kappa shape index (κ3) is 9.90. The zero-order valence-electron chi connectivity index (χ0n) is 33.5. The first-order chi connectivity index (χ1) is 28.3. The second-order valence-electron chi connectivity index (χ2n) is 15.6. The number of unbranched alkanes of at least 4 members (excludes halogenated alkanes) is 2. The van der Waals surface area contributed by atoms with Gasteiger partial charge in [0.05, 0.1) is 29.2 Å². The standard InChI is InChI=1S/C41H53ClN8O9/c1-47-32-21-24(11-14-29(32)50(40(47)56)31-16-18-35(52)46-38(31)54)7-4-3-5-8-25-9-6-10-33(36(25)42)59-23-26(12-17-34(44)51)45-37(53)30-15-13-27-19-20-48(41(57)58-2)22-28(43)39(55)49(27)30/h6,9-11,14,21,26-28,30-31H,3-5,7-8,12-13,15-20,22-23,43H2,1-2H3,(H2,44,51)(H,45,53)(H,46,52,54)/t26-,27+,28-,30-,31?/m0/s1. The van der Waals surface area contributed by atoms with Crippen LogP contribution in [-0.2, 0) is 48.6 Å². The molecule has 318 valence electrons. The molecule has 6 rings (SSSR count). The average molecular weight is 837 g/mol. The number of benzene rings is 2. The van der Waals surface area contributed by atoms with E-state index >= 15 is 0 Å². The van der Waals surface area contributed by atoms with E-state index in [-0.39, 0.29) is 62.4 Å². The Kier molecular flexibility index (Phi) is 14.0. The van der Waals surface area contributed by atoms with Crippen molar-refractivity contribution in [3.63, 3.8) is 0 Å². The molecule has 1 aromatic heterocycles. The lowest BCUT2D eigenvalue weighted by Crippen LogP contribution is -2.60. The molecule has 0 bridgehead atoms. The van der Waals surface area contributed by atoms with Crippen molar-refractivity contribution in [2.45, 2.75) is 107 Å². The van der Waals surface area contributed by atoms with Crippen LogP contribution in [0.4, 0.5) is 4.79 Å². The van der Waals surface area contributed by atoms with E-state index in [4.69, 9.17) is 32.5 Å². The molecule has 17 nitrogen and oxygen atoms in total. The summed E-state index contributed by atoms with van der Waals surface area (Å²) in [5.74, 6) is -1.68. The molecule has 3 saturated heterocycles. The van der Waals surface area contributed by atoms with Crippen LogP contribution in [0.15, 0.2) is 41.2 Å². The molecule has 5 atom stereocenters. The molecule has 3 aliphatic heterocycles. The first-order valence-electron chi connectivity index (χ1n) is 20.2. The van der Waals surface area contributed by atoms with Crippen molar-refractivity contribution < 1.29 is 38.2 Å². The number of carbonyl (C=O) groups is 6. The van der Waals surface area contributed by atoms with E-state index in [0.29, 0.717) is 48.5 Å². The van der Waals surface area contributed by atoms with Crippen LogP contribution in [0.5, 0.6) is 5.75 Å². The lowest BCUT2D eigenvalue weighted by Gasteiger charge is -2.37. The maximum Gasteiger partial charge on any atom is 0.409 e. The van der Waals surface area contributed by atoms with Crippen molar-refractivity contribution in [2.75, 3.05) is 26.8 Å². The number of ether oxygens (including phenoxy) is 2. The molecule has 2 aromatic carbocycles. The third-order valence-electron chi connectivity index (χ3n) is 11.6. The molecule has 0 radical (unpaired) electrons. The summed E-state index contributed by atoms with van der Waals surface area (Å²) < 4.78 is 14.0. The molecule has 3 fully saturated rings. The highest BCUT2D eigenvalue weighted by Gasteiger charge is 2.44. The number of aryl methyl sites for hydroxylation is 3. The number of rotatable bonds is 15. The smallest absolute Gasteiger partial charge is 0.409 e. The topological polar surface area (TPSA) is 230 Å². The second kappa shape index (κ2) is 19.1. The van der Waals surface area contributed by atoms with Gasteiger partial charge in [-0.1, -0.05) is 36.2 Å². The predicted octanol–water partition coefficient (Wildman–Crippen LogP) is 2.21. The highest BCUT2D eigenvalue weighted by molar-refractivity contribution is 6.32. The van der Waals surface area contributed by atoms with E-state index in [1.54, 1.807) is 18.0 Å². The number of nitrogens with one attached hydrogen (secondary N) is 2. The fraction of sp³-hybridized carbons (Fsp3) is 0.537. The second-order valence-corrected chi connectivity index (χ2v) is 16.0.